The van der Waals surface area contributed by atoms with E-state index in [1.54, 1.807) is 0 Å². The fourth-order valence-electron chi connectivity index (χ4n) is 3.71. The first-order valence-corrected chi connectivity index (χ1v) is 9.30. The third-order valence-electron chi connectivity index (χ3n) is 5.21. The van der Waals surface area contributed by atoms with Gasteiger partial charge < -0.3 is 10.1 Å². The van der Waals surface area contributed by atoms with Crippen LogP contribution in [0.5, 0.6) is 5.75 Å². The Labute approximate surface area is 150 Å². The normalized spacial score (nSPS) is 15.7. The highest BCUT2D eigenvalue weighted by atomic mass is 16.5. The lowest BCUT2D eigenvalue weighted by Crippen LogP contribution is -2.43. The van der Waals surface area contributed by atoms with E-state index in [2.05, 4.69) is 36.5 Å². The molecule has 0 saturated heterocycles. The van der Waals surface area contributed by atoms with Crippen LogP contribution in [-0.2, 0) is 16.6 Å². The molecule has 0 unspecified atom stereocenters. The third-order valence-corrected chi connectivity index (χ3v) is 5.21. The molecule has 25 heavy (non-hydrogen) atoms. The number of hydrogen-bond donors (Lipinski definition) is 1. The van der Waals surface area contributed by atoms with E-state index in [0.29, 0.717) is 13.2 Å². The number of carbonyl (C=O) groups excluding carboxylic acids is 1. The number of carbonyl (C=O) groups is 1. The third kappa shape index (κ3) is 4.04. The monoisotopic (exact) mass is 337 g/mol. The largest absolute Gasteiger partial charge is 0.492 e. The van der Waals surface area contributed by atoms with Crippen molar-refractivity contribution in [2.45, 2.75) is 44.4 Å². The average molecular weight is 337 g/mol. The molecule has 0 radical (unpaired) electrons. The highest BCUT2D eigenvalue weighted by Gasteiger charge is 2.42. The summed E-state index contributed by atoms with van der Waals surface area (Å²) in [7, 11) is 0. The molecule has 132 valence electrons. The Morgan fingerprint density at radius 2 is 1.72 bits per heavy atom. The van der Waals surface area contributed by atoms with Crippen LogP contribution < -0.4 is 10.1 Å². The van der Waals surface area contributed by atoms with Gasteiger partial charge in [0.05, 0.1) is 12.0 Å². The minimum absolute atomic E-state index is 0.140. The zero-order valence-corrected chi connectivity index (χ0v) is 15.0. The first-order valence-electron chi connectivity index (χ1n) is 9.30. The fourth-order valence-corrected chi connectivity index (χ4v) is 3.71. The van der Waals surface area contributed by atoms with Crippen molar-refractivity contribution in [3.8, 4) is 5.75 Å². The molecular weight excluding hydrogens is 310 g/mol. The number of amides is 1. The van der Waals surface area contributed by atoms with Crippen LogP contribution in [0.25, 0.3) is 0 Å². The quantitative estimate of drug-likeness (QED) is 0.767. The van der Waals surface area contributed by atoms with E-state index in [4.69, 9.17) is 4.74 Å². The average Bonchev–Trinajstić information content (AvgIpc) is 3.17. The van der Waals surface area contributed by atoms with Crippen LogP contribution >= 0.6 is 0 Å². The van der Waals surface area contributed by atoms with E-state index < -0.39 is 0 Å². The zero-order chi connectivity index (χ0) is 17.5. The maximum atomic E-state index is 12.9. The maximum Gasteiger partial charge on any atom is 0.230 e. The van der Waals surface area contributed by atoms with Crippen molar-refractivity contribution >= 4 is 5.91 Å². The summed E-state index contributed by atoms with van der Waals surface area (Å²) in [6, 6.07) is 18.3. The van der Waals surface area contributed by atoms with E-state index >= 15 is 0 Å². The molecule has 1 saturated carbocycles. The fraction of sp³-hybridized carbons (Fsp3) is 0.409. The lowest BCUT2D eigenvalue weighted by atomic mass is 9.78. The van der Waals surface area contributed by atoms with Gasteiger partial charge in [-0.3, -0.25) is 4.79 Å². The van der Waals surface area contributed by atoms with Gasteiger partial charge in [0.2, 0.25) is 5.91 Å². The van der Waals surface area contributed by atoms with E-state index in [-0.39, 0.29) is 11.3 Å². The minimum Gasteiger partial charge on any atom is -0.492 e. The summed E-state index contributed by atoms with van der Waals surface area (Å²) < 4.78 is 5.74. The molecule has 0 spiro atoms. The molecule has 3 rings (SSSR count). The highest BCUT2D eigenvalue weighted by Crippen LogP contribution is 2.41. The Hall–Kier alpha value is -2.29. The summed E-state index contributed by atoms with van der Waals surface area (Å²) in [4.78, 5) is 12.9. The molecule has 0 atom stereocenters. The second-order valence-corrected chi connectivity index (χ2v) is 6.76. The molecule has 1 aliphatic carbocycles. The van der Waals surface area contributed by atoms with Crippen molar-refractivity contribution < 1.29 is 9.53 Å². The summed E-state index contributed by atoms with van der Waals surface area (Å²) in [6.45, 7) is 3.15. The van der Waals surface area contributed by atoms with Gasteiger partial charge in [0.25, 0.3) is 0 Å². The van der Waals surface area contributed by atoms with Crippen LogP contribution in [0, 0.1) is 0 Å². The molecule has 0 aromatic heterocycles. The molecule has 0 bridgehead atoms. The van der Waals surface area contributed by atoms with Gasteiger partial charge in [0.1, 0.15) is 12.4 Å². The number of benzene rings is 2. The summed E-state index contributed by atoms with van der Waals surface area (Å²) >= 11 is 0. The molecule has 0 heterocycles. The molecular formula is C22H27NO2. The Morgan fingerprint density at radius 1 is 1.04 bits per heavy atom. The van der Waals surface area contributed by atoms with E-state index in [9.17, 15) is 4.79 Å². The van der Waals surface area contributed by atoms with Crippen molar-refractivity contribution in [3.05, 3.63) is 65.7 Å². The van der Waals surface area contributed by atoms with Crippen LogP contribution in [0.15, 0.2) is 54.6 Å². The molecule has 1 fully saturated rings. The van der Waals surface area contributed by atoms with Crippen molar-refractivity contribution in [1.29, 1.82) is 0 Å². The van der Waals surface area contributed by atoms with Crippen molar-refractivity contribution in [2.75, 3.05) is 13.2 Å². The van der Waals surface area contributed by atoms with Gasteiger partial charge in [-0.2, -0.15) is 0 Å². The molecule has 3 nitrogen and oxygen atoms in total. The number of nitrogens with one attached hydrogen (secondary N) is 1. The minimum atomic E-state index is -0.357. The molecule has 1 aliphatic rings. The smallest absolute Gasteiger partial charge is 0.230 e. The lowest BCUT2D eigenvalue weighted by molar-refractivity contribution is -0.126. The molecule has 2 aromatic carbocycles. The van der Waals surface area contributed by atoms with Crippen LogP contribution in [-0.4, -0.2) is 19.1 Å². The molecule has 3 heteroatoms. The van der Waals surface area contributed by atoms with Gasteiger partial charge in [0, 0.05) is 0 Å². The lowest BCUT2D eigenvalue weighted by Gasteiger charge is -2.28. The summed E-state index contributed by atoms with van der Waals surface area (Å²) in [5, 5.41) is 3.09. The summed E-state index contributed by atoms with van der Waals surface area (Å²) in [5.41, 5.74) is 2.08. The van der Waals surface area contributed by atoms with Crippen LogP contribution in [0.3, 0.4) is 0 Å². The van der Waals surface area contributed by atoms with E-state index in [1.165, 1.54) is 5.56 Å². The van der Waals surface area contributed by atoms with Gasteiger partial charge in [0.15, 0.2) is 0 Å². The van der Waals surface area contributed by atoms with Crippen LogP contribution in [0.4, 0.5) is 0 Å². The van der Waals surface area contributed by atoms with E-state index in [1.807, 2.05) is 30.3 Å². The Morgan fingerprint density at radius 3 is 2.36 bits per heavy atom. The Balaban J connectivity index is 1.54. The van der Waals surface area contributed by atoms with Crippen LogP contribution in [0.1, 0.15) is 43.7 Å². The van der Waals surface area contributed by atoms with Crippen molar-refractivity contribution in [3.63, 3.8) is 0 Å². The zero-order valence-electron chi connectivity index (χ0n) is 15.0. The first kappa shape index (κ1) is 17.5. The number of aryl methyl sites for hydroxylation is 1. The number of ether oxygens (including phenoxy) is 1. The topological polar surface area (TPSA) is 38.3 Å². The summed E-state index contributed by atoms with van der Waals surface area (Å²) in [5.74, 6) is 0.992. The SMILES string of the molecule is CCc1ccc(OCCNC(=O)C2(c3ccccc3)CCCC2)cc1. The first-order chi connectivity index (χ1) is 12.2. The van der Waals surface area contributed by atoms with Gasteiger partial charge in [-0.05, 0) is 42.5 Å². The van der Waals surface area contributed by atoms with Gasteiger partial charge in [-0.1, -0.05) is 62.2 Å². The highest BCUT2D eigenvalue weighted by molar-refractivity contribution is 5.88. The Bertz CT molecular complexity index is 673. The standard InChI is InChI=1S/C22H27NO2/c1-2-18-10-12-20(13-11-18)25-17-16-23-21(24)22(14-6-7-15-22)19-8-4-3-5-9-19/h3-5,8-13H,2,6-7,14-17H2,1H3,(H,23,24). The van der Waals surface area contributed by atoms with Crippen LogP contribution in [0.2, 0.25) is 0 Å². The molecule has 2 aromatic rings. The number of hydrogen-bond acceptors (Lipinski definition) is 2. The van der Waals surface area contributed by atoms with Gasteiger partial charge >= 0.3 is 0 Å². The molecule has 0 aliphatic heterocycles. The maximum absolute atomic E-state index is 12.9. The second kappa shape index (κ2) is 8.19. The molecule has 1 N–H and O–H groups in total. The van der Waals surface area contributed by atoms with Gasteiger partial charge in [-0.15, -0.1) is 0 Å². The number of rotatable bonds is 7. The second-order valence-electron chi connectivity index (χ2n) is 6.76. The van der Waals surface area contributed by atoms with Crippen molar-refractivity contribution in [1.82, 2.24) is 5.32 Å². The summed E-state index contributed by atoms with van der Waals surface area (Å²) in [6.07, 6.45) is 5.12. The van der Waals surface area contributed by atoms with Crippen molar-refractivity contribution in [2.24, 2.45) is 0 Å². The van der Waals surface area contributed by atoms with Gasteiger partial charge in [-0.25, -0.2) is 0 Å². The molecule has 1 amide bonds. The van der Waals surface area contributed by atoms with E-state index in [0.717, 1.165) is 43.4 Å². The predicted molar refractivity (Wildman–Crippen MR) is 101 cm³/mol. The Kier molecular flexibility index (Phi) is 5.75. The predicted octanol–water partition coefficient (Wildman–Crippen LogP) is 4.26.